The van der Waals surface area contributed by atoms with Crippen molar-refractivity contribution in [1.29, 1.82) is 0 Å². The first-order valence-corrected chi connectivity index (χ1v) is 9.23. The van der Waals surface area contributed by atoms with E-state index in [4.69, 9.17) is 31.3 Å². The fraction of sp³-hybridized carbons (Fsp3) is 0.800. The lowest BCUT2D eigenvalue weighted by molar-refractivity contribution is 0.0976. The van der Waals surface area contributed by atoms with Gasteiger partial charge >= 0.3 is 17.6 Å². The molecule has 0 unspecified atom stereocenters. The summed E-state index contributed by atoms with van der Waals surface area (Å²) in [7, 11) is 2.97. The Morgan fingerprint density at radius 3 is 1.47 bits per heavy atom. The lowest BCUT2D eigenvalue weighted by Gasteiger charge is -2.29. The molecule has 0 aromatic heterocycles. The highest BCUT2D eigenvalue weighted by Crippen LogP contribution is 2.22. The van der Waals surface area contributed by atoms with Gasteiger partial charge in [-0.3, -0.25) is 0 Å². The lowest BCUT2D eigenvalue weighted by atomic mass is 10.9. The molecule has 19 heavy (non-hydrogen) atoms. The summed E-state index contributed by atoms with van der Waals surface area (Å²) in [5.41, 5.74) is 1.64. The summed E-state index contributed by atoms with van der Waals surface area (Å²) < 4.78 is 37.8. The van der Waals surface area contributed by atoms with Crippen molar-refractivity contribution in [3.8, 4) is 0 Å². The molecule has 9 heteroatoms. The van der Waals surface area contributed by atoms with Gasteiger partial charge in [-0.15, -0.1) is 0 Å². The molecule has 0 atom stereocenters. The van der Waals surface area contributed by atoms with Gasteiger partial charge in [0.05, 0.1) is 6.61 Å². The molecule has 0 fully saturated rings. The molecule has 0 radical (unpaired) electrons. The van der Waals surface area contributed by atoms with Crippen LogP contribution in [0.15, 0.2) is 11.1 Å². The van der Waals surface area contributed by atoms with E-state index in [1.54, 1.807) is 5.70 Å². The smallest absolute Gasteiger partial charge is 0.495 e. The van der Waals surface area contributed by atoms with E-state index in [1.807, 2.05) is 6.92 Å². The Bertz CT molecular complexity index is 261. The van der Waals surface area contributed by atoms with E-state index in [9.17, 15) is 0 Å². The van der Waals surface area contributed by atoms with Crippen LogP contribution < -0.4 is 0 Å². The topological polar surface area (TPSA) is 64.6 Å². The van der Waals surface area contributed by atoms with Crippen LogP contribution in [0.5, 0.6) is 0 Å². The Hall–Kier alpha value is -0.266. The van der Waals surface area contributed by atoms with E-state index < -0.39 is 17.6 Å². The zero-order chi connectivity index (χ0) is 14.9. The van der Waals surface area contributed by atoms with Crippen LogP contribution in [0.4, 0.5) is 0 Å². The van der Waals surface area contributed by atoms with E-state index >= 15 is 0 Å². The number of hydrogen-bond donors (Lipinski definition) is 0. The Morgan fingerprint density at radius 1 is 0.789 bits per heavy atom. The zero-order valence-corrected chi connectivity index (χ0v) is 14.6. The van der Waals surface area contributed by atoms with Crippen molar-refractivity contribution in [3.63, 3.8) is 0 Å². The third-order valence-corrected chi connectivity index (χ3v) is 7.69. The highest BCUT2D eigenvalue weighted by molar-refractivity contribution is 6.73. The predicted octanol–water partition coefficient (Wildman–Crippen LogP) is 0.741. The molecule has 7 nitrogen and oxygen atoms in total. The van der Waals surface area contributed by atoms with Crippen molar-refractivity contribution in [2.45, 2.75) is 6.92 Å². The van der Waals surface area contributed by atoms with E-state index in [2.05, 4.69) is 0 Å². The van der Waals surface area contributed by atoms with Crippen molar-refractivity contribution in [2.75, 3.05) is 49.3 Å². The third-order valence-electron chi connectivity index (χ3n) is 2.57. The molecule has 0 amide bonds. The van der Waals surface area contributed by atoms with Gasteiger partial charge in [-0.25, -0.2) is 0 Å². The van der Waals surface area contributed by atoms with Crippen molar-refractivity contribution < 1.29 is 31.3 Å². The first-order chi connectivity index (χ1) is 9.03. The molecule has 0 saturated heterocycles. The highest BCUT2D eigenvalue weighted by atomic mass is 28.4. The van der Waals surface area contributed by atoms with Gasteiger partial charge in [0.15, 0.2) is 5.38 Å². The summed E-state index contributed by atoms with van der Waals surface area (Å²) in [5.74, 6) is 0. The molecule has 0 aliphatic carbocycles. The van der Waals surface area contributed by atoms with Crippen LogP contribution in [0.3, 0.4) is 0 Å². The van der Waals surface area contributed by atoms with Gasteiger partial charge in [0.1, 0.15) is 0 Å². The van der Waals surface area contributed by atoms with Crippen LogP contribution in [0.25, 0.3) is 0 Å². The van der Waals surface area contributed by atoms with Crippen LogP contribution in [0.1, 0.15) is 6.92 Å². The summed E-state index contributed by atoms with van der Waals surface area (Å²) in [6.45, 7) is 2.28. The second kappa shape index (κ2) is 8.82. The number of ether oxygens (including phenoxy) is 1. The van der Waals surface area contributed by atoms with Crippen molar-refractivity contribution in [1.82, 2.24) is 0 Å². The quantitative estimate of drug-likeness (QED) is 0.435. The Balaban J connectivity index is 5.61. The summed E-state index contributed by atoms with van der Waals surface area (Å²) in [6.07, 6.45) is 0. The molecule has 114 valence electrons. The van der Waals surface area contributed by atoms with Crippen LogP contribution in [-0.2, 0) is 31.3 Å². The predicted molar refractivity (Wildman–Crippen MR) is 73.3 cm³/mol. The summed E-state index contributed by atoms with van der Waals surface area (Å²) in [5, 5.41) is 0.416. The van der Waals surface area contributed by atoms with Gasteiger partial charge < -0.3 is 31.3 Å². The van der Waals surface area contributed by atoms with Crippen LogP contribution in [0.2, 0.25) is 0 Å². The molecule has 0 N–H and O–H groups in total. The SMILES string of the molecule is CCO/C(=C\[Si](OC)(OC)OC)[Si](OC)(OC)OC. The molecule has 0 aromatic carbocycles. The van der Waals surface area contributed by atoms with E-state index in [0.717, 1.165) is 0 Å². The van der Waals surface area contributed by atoms with Crippen molar-refractivity contribution in [2.24, 2.45) is 0 Å². The van der Waals surface area contributed by atoms with Crippen LogP contribution >= 0.6 is 0 Å². The highest BCUT2D eigenvalue weighted by Gasteiger charge is 2.49. The van der Waals surface area contributed by atoms with Gasteiger partial charge in [0.2, 0.25) is 0 Å². The van der Waals surface area contributed by atoms with Crippen molar-refractivity contribution in [3.05, 3.63) is 11.1 Å². The average molecular weight is 312 g/mol. The molecular weight excluding hydrogens is 288 g/mol. The first kappa shape index (κ1) is 18.7. The van der Waals surface area contributed by atoms with Gasteiger partial charge in [-0.05, 0) is 6.92 Å². The Morgan fingerprint density at radius 2 is 1.21 bits per heavy atom. The largest absolute Gasteiger partial charge is 0.572 e. The van der Waals surface area contributed by atoms with Crippen LogP contribution in [-0.4, -0.2) is 66.9 Å². The monoisotopic (exact) mass is 312 g/mol. The minimum absolute atomic E-state index is 0.416. The molecule has 0 aliphatic heterocycles. The molecule has 0 rings (SSSR count). The fourth-order valence-electron chi connectivity index (χ4n) is 1.51. The third kappa shape index (κ3) is 4.36. The first-order valence-electron chi connectivity index (χ1n) is 5.70. The summed E-state index contributed by atoms with van der Waals surface area (Å²) in [6, 6.07) is 0. The minimum Gasteiger partial charge on any atom is -0.495 e. The maximum atomic E-state index is 5.58. The van der Waals surface area contributed by atoms with Gasteiger partial charge in [-0.1, -0.05) is 0 Å². The standard InChI is InChI=1S/C10H24O7Si2/c1-8-17-10(19(14-5,15-6)16-7)9-18(11-2,12-3)13-4/h9H,8H2,1-7H3/b10-9+. The molecule has 0 heterocycles. The van der Waals surface area contributed by atoms with E-state index in [1.165, 1.54) is 42.7 Å². The van der Waals surface area contributed by atoms with Gasteiger partial charge in [-0.2, -0.15) is 0 Å². The van der Waals surface area contributed by atoms with Crippen molar-refractivity contribution >= 4 is 17.6 Å². The van der Waals surface area contributed by atoms with Gasteiger partial charge in [0, 0.05) is 48.4 Å². The maximum Gasteiger partial charge on any atom is 0.572 e. The fourth-order valence-corrected chi connectivity index (χ4v) is 5.43. The molecule has 0 aliphatic rings. The Kier molecular flexibility index (Phi) is 8.69. The van der Waals surface area contributed by atoms with E-state index in [0.29, 0.717) is 12.0 Å². The summed E-state index contributed by atoms with van der Waals surface area (Å²) >= 11 is 0. The molecule has 0 saturated carbocycles. The molecule has 0 aromatic rings. The minimum atomic E-state index is -3.09. The summed E-state index contributed by atoms with van der Waals surface area (Å²) in [4.78, 5) is 0. The second-order valence-electron chi connectivity index (χ2n) is 3.33. The number of rotatable bonds is 10. The average Bonchev–Trinajstić information content (AvgIpc) is 2.47. The second-order valence-corrected chi connectivity index (χ2v) is 8.88. The number of hydrogen-bond acceptors (Lipinski definition) is 7. The maximum absolute atomic E-state index is 5.58. The van der Waals surface area contributed by atoms with Crippen LogP contribution in [0, 0.1) is 0 Å². The molecule has 0 spiro atoms. The normalized spacial score (nSPS) is 13.7. The zero-order valence-electron chi connectivity index (χ0n) is 12.6. The van der Waals surface area contributed by atoms with Gasteiger partial charge in [0.25, 0.3) is 0 Å². The lowest BCUT2D eigenvalue weighted by Crippen LogP contribution is -2.50. The van der Waals surface area contributed by atoms with E-state index in [-0.39, 0.29) is 0 Å². The molecular formula is C10H24O7Si2. The Labute approximate surface area is 117 Å². The molecule has 0 bridgehead atoms.